The normalized spacial score (nSPS) is 15.8. The lowest BCUT2D eigenvalue weighted by molar-refractivity contribution is 0.0283. The molecular weight excluding hydrogens is 461 g/mol. The fraction of sp³-hybridized carbons (Fsp3) is 0.296. The second-order valence-electron chi connectivity index (χ2n) is 9.49. The molecule has 4 aromatic rings. The van der Waals surface area contributed by atoms with E-state index in [9.17, 15) is 14.8 Å². The largest absolute Gasteiger partial charge is 0.489 e. The summed E-state index contributed by atoms with van der Waals surface area (Å²) in [6, 6.07) is 14.0. The van der Waals surface area contributed by atoms with Crippen LogP contribution in [0.5, 0.6) is 11.5 Å². The molecule has 0 bridgehead atoms. The second-order valence-corrected chi connectivity index (χ2v) is 9.49. The van der Waals surface area contributed by atoms with Gasteiger partial charge in [0.2, 0.25) is 0 Å². The number of hydrogen-bond acceptors (Lipinski definition) is 7. The highest BCUT2D eigenvalue weighted by Crippen LogP contribution is 2.32. The van der Waals surface area contributed by atoms with Gasteiger partial charge in [-0.15, -0.1) is 0 Å². The standard InChI is InChI=1S/C27H26FN5O3/c1-27(2,34)17-35-23-11-24(26-19(12-29)14-31-33(26)16-23)18-3-8-25(30-13-18)32-10-9-22(15-32)36-21-6-4-20(28)5-7-21/h3-8,11,13-14,16,22,34H,9-10,15,17H2,1-2H3/t22-/m0/s1. The molecule has 3 aromatic heterocycles. The minimum absolute atomic E-state index is 0.00820. The van der Waals surface area contributed by atoms with Crippen LogP contribution in [0.3, 0.4) is 0 Å². The number of aromatic nitrogens is 3. The first kappa shape index (κ1) is 23.6. The summed E-state index contributed by atoms with van der Waals surface area (Å²) in [4.78, 5) is 6.83. The Morgan fingerprint density at radius 3 is 2.67 bits per heavy atom. The summed E-state index contributed by atoms with van der Waals surface area (Å²) in [7, 11) is 0. The zero-order chi connectivity index (χ0) is 25.3. The van der Waals surface area contributed by atoms with Gasteiger partial charge in [0.1, 0.15) is 41.9 Å². The molecule has 8 nitrogen and oxygen atoms in total. The Morgan fingerprint density at radius 2 is 1.97 bits per heavy atom. The Morgan fingerprint density at radius 1 is 1.17 bits per heavy atom. The highest BCUT2D eigenvalue weighted by molar-refractivity contribution is 5.85. The molecule has 0 radical (unpaired) electrons. The molecule has 0 aliphatic carbocycles. The van der Waals surface area contributed by atoms with Gasteiger partial charge in [0, 0.05) is 30.3 Å². The molecule has 0 amide bonds. The molecule has 1 fully saturated rings. The molecule has 1 N–H and O–H groups in total. The number of fused-ring (bicyclic) bond motifs is 1. The average Bonchev–Trinajstić information content (AvgIpc) is 3.50. The Balaban J connectivity index is 1.37. The van der Waals surface area contributed by atoms with Gasteiger partial charge in [0.15, 0.2) is 0 Å². The summed E-state index contributed by atoms with van der Waals surface area (Å²) in [6.45, 7) is 4.92. The van der Waals surface area contributed by atoms with Gasteiger partial charge in [-0.2, -0.15) is 10.4 Å². The van der Waals surface area contributed by atoms with E-state index in [1.54, 1.807) is 42.9 Å². The molecule has 5 rings (SSSR count). The van der Waals surface area contributed by atoms with E-state index in [0.29, 0.717) is 29.1 Å². The van der Waals surface area contributed by atoms with Gasteiger partial charge in [0.05, 0.1) is 35.6 Å². The summed E-state index contributed by atoms with van der Waals surface area (Å²) in [5.41, 5.74) is 1.69. The van der Waals surface area contributed by atoms with Crippen molar-refractivity contribution in [1.29, 1.82) is 5.26 Å². The van der Waals surface area contributed by atoms with E-state index in [4.69, 9.17) is 9.47 Å². The molecule has 9 heteroatoms. The molecule has 4 heterocycles. The van der Waals surface area contributed by atoms with Crippen LogP contribution in [0, 0.1) is 17.1 Å². The van der Waals surface area contributed by atoms with Gasteiger partial charge in [-0.3, -0.25) is 0 Å². The molecule has 1 aliphatic rings. The van der Waals surface area contributed by atoms with Gasteiger partial charge in [-0.1, -0.05) is 0 Å². The van der Waals surface area contributed by atoms with Crippen LogP contribution in [-0.4, -0.2) is 51.1 Å². The number of benzene rings is 1. The topological polar surface area (TPSA) is 95.9 Å². The number of rotatable bonds is 7. The number of aliphatic hydroxyl groups is 1. The quantitative estimate of drug-likeness (QED) is 0.417. The molecule has 1 atom stereocenters. The van der Waals surface area contributed by atoms with Gasteiger partial charge in [-0.25, -0.2) is 13.9 Å². The molecular formula is C27H26FN5O3. The summed E-state index contributed by atoms with van der Waals surface area (Å²) >= 11 is 0. The van der Waals surface area contributed by atoms with Gasteiger partial charge in [0.25, 0.3) is 0 Å². The third kappa shape index (κ3) is 5.09. The zero-order valence-corrected chi connectivity index (χ0v) is 20.1. The van der Waals surface area contributed by atoms with Crippen LogP contribution in [0.25, 0.3) is 16.6 Å². The highest BCUT2D eigenvalue weighted by Gasteiger charge is 2.25. The van der Waals surface area contributed by atoms with Crippen LogP contribution in [0.2, 0.25) is 0 Å². The number of nitrogens with zero attached hydrogens (tertiary/aromatic N) is 5. The van der Waals surface area contributed by atoms with Crippen molar-refractivity contribution in [2.75, 3.05) is 24.6 Å². The third-order valence-electron chi connectivity index (χ3n) is 5.94. The molecule has 1 aliphatic heterocycles. The van der Waals surface area contributed by atoms with Crippen molar-refractivity contribution in [2.24, 2.45) is 0 Å². The summed E-state index contributed by atoms with van der Waals surface area (Å²) in [5.74, 6) is 1.71. The molecule has 0 unspecified atom stereocenters. The first-order chi connectivity index (χ1) is 17.3. The minimum atomic E-state index is -0.992. The SMILES string of the molecule is CC(C)(O)COc1cc(-c2ccc(N3CC[C@H](Oc4ccc(F)cc4)C3)nc2)c2c(C#N)cnn2c1. The number of pyridine rings is 2. The summed E-state index contributed by atoms with van der Waals surface area (Å²) in [5, 5.41) is 23.9. The van der Waals surface area contributed by atoms with E-state index >= 15 is 0 Å². The zero-order valence-electron chi connectivity index (χ0n) is 20.1. The number of halogens is 1. The molecule has 0 saturated carbocycles. The predicted molar refractivity (Wildman–Crippen MR) is 133 cm³/mol. The van der Waals surface area contributed by atoms with Crippen LogP contribution < -0.4 is 14.4 Å². The highest BCUT2D eigenvalue weighted by atomic mass is 19.1. The van der Waals surface area contributed by atoms with Gasteiger partial charge >= 0.3 is 0 Å². The smallest absolute Gasteiger partial charge is 0.138 e. The number of nitriles is 1. The van der Waals surface area contributed by atoms with Crippen molar-refractivity contribution >= 4 is 11.3 Å². The minimum Gasteiger partial charge on any atom is -0.489 e. The number of ether oxygens (including phenoxy) is 2. The fourth-order valence-corrected chi connectivity index (χ4v) is 4.21. The van der Waals surface area contributed by atoms with E-state index in [-0.39, 0.29) is 18.5 Å². The van der Waals surface area contributed by atoms with Crippen molar-refractivity contribution in [2.45, 2.75) is 32.0 Å². The molecule has 36 heavy (non-hydrogen) atoms. The maximum absolute atomic E-state index is 13.1. The van der Waals surface area contributed by atoms with E-state index in [2.05, 4.69) is 21.1 Å². The van der Waals surface area contributed by atoms with Crippen LogP contribution in [-0.2, 0) is 0 Å². The maximum atomic E-state index is 13.1. The average molecular weight is 488 g/mol. The van der Waals surface area contributed by atoms with Crippen molar-refractivity contribution in [1.82, 2.24) is 14.6 Å². The van der Waals surface area contributed by atoms with E-state index in [0.717, 1.165) is 29.9 Å². The molecule has 1 saturated heterocycles. The van der Waals surface area contributed by atoms with Crippen molar-refractivity contribution in [3.8, 4) is 28.7 Å². The lowest BCUT2D eigenvalue weighted by atomic mass is 10.1. The molecule has 1 aromatic carbocycles. The predicted octanol–water partition coefficient (Wildman–Crippen LogP) is 4.21. The monoisotopic (exact) mass is 487 g/mol. The Hall–Kier alpha value is -4.16. The van der Waals surface area contributed by atoms with Crippen molar-refractivity contribution < 1.29 is 19.0 Å². The first-order valence-corrected chi connectivity index (χ1v) is 11.7. The molecule has 184 valence electrons. The Kier molecular flexibility index (Phi) is 6.20. The van der Waals surface area contributed by atoms with Crippen LogP contribution in [0.15, 0.2) is 61.1 Å². The lowest BCUT2D eigenvalue weighted by Gasteiger charge is -2.19. The third-order valence-corrected chi connectivity index (χ3v) is 5.94. The Labute approximate surface area is 208 Å². The fourth-order valence-electron chi connectivity index (χ4n) is 4.21. The number of hydrogen-bond donors (Lipinski definition) is 1. The maximum Gasteiger partial charge on any atom is 0.138 e. The van der Waals surface area contributed by atoms with Crippen LogP contribution in [0.1, 0.15) is 25.8 Å². The van der Waals surface area contributed by atoms with Crippen molar-refractivity contribution in [3.05, 3.63) is 72.4 Å². The van der Waals surface area contributed by atoms with Gasteiger partial charge in [-0.05, 0) is 56.3 Å². The lowest BCUT2D eigenvalue weighted by Crippen LogP contribution is -2.27. The van der Waals surface area contributed by atoms with Crippen LogP contribution >= 0.6 is 0 Å². The number of anilines is 1. The first-order valence-electron chi connectivity index (χ1n) is 11.7. The van der Waals surface area contributed by atoms with Crippen LogP contribution in [0.4, 0.5) is 10.2 Å². The van der Waals surface area contributed by atoms with Gasteiger partial charge < -0.3 is 19.5 Å². The van der Waals surface area contributed by atoms with E-state index < -0.39 is 5.60 Å². The van der Waals surface area contributed by atoms with E-state index in [1.807, 2.05) is 18.2 Å². The molecule has 0 spiro atoms. The summed E-state index contributed by atoms with van der Waals surface area (Å²) in [6.07, 6.45) is 5.81. The summed E-state index contributed by atoms with van der Waals surface area (Å²) < 4.78 is 26.5. The van der Waals surface area contributed by atoms with E-state index in [1.165, 1.54) is 18.3 Å². The second kappa shape index (κ2) is 9.47. The van der Waals surface area contributed by atoms with Crippen molar-refractivity contribution in [3.63, 3.8) is 0 Å². The Bertz CT molecular complexity index is 1410.